The van der Waals surface area contributed by atoms with Crippen molar-refractivity contribution >= 4 is 40.8 Å². The number of imide groups is 1. The molecule has 1 aliphatic heterocycles. The van der Waals surface area contributed by atoms with Gasteiger partial charge in [-0.05, 0) is 29.3 Å². The Labute approximate surface area is 155 Å². The number of pyridine rings is 1. The summed E-state index contributed by atoms with van der Waals surface area (Å²) in [6.45, 7) is 4.21. The monoisotopic (exact) mass is 372 g/mol. The molecule has 1 aliphatic rings. The van der Waals surface area contributed by atoms with Gasteiger partial charge in [-0.15, -0.1) is 11.8 Å². The normalized spacial score (nSPS) is 14.8. The van der Waals surface area contributed by atoms with E-state index in [0.717, 1.165) is 5.56 Å². The third-order valence-electron chi connectivity index (χ3n) is 3.68. The second-order valence-corrected chi connectivity index (χ2v) is 7.96. The lowest BCUT2D eigenvalue weighted by Gasteiger charge is -2.15. The lowest BCUT2D eigenvalue weighted by atomic mass is 10.1. The van der Waals surface area contributed by atoms with Crippen LogP contribution in [0.4, 0.5) is 0 Å². The van der Waals surface area contributed by atoms with Crippen molar-refractivity contribution in [2.24, 2.45) is 0 Å². The summed E-state index contributed by atoms with van der Waals surface area (Å²) in [6, 6.07) is 10.6. The van der Waals surface area contributed by atoms with Gasteiger partial charge < -0.3 is 0 Å². The average molecular weight is 373 g/mol. The maximum Gasteiger partial charge on any atom is 0.268 e. The first kappa shape index (κ1) is 17.7. The molecule has 0 bridgehead atoms. The minimum Gasteiger partial charge on any atom is -0.269 e. The molecule has 2 aromatic rings. The summed E-state index contributed by atoms with van der Waals surface area (Å²) in [5, 5.41) is 0.777. The van der Waals surface area contributed by atoms with Gasteiger partial charge in [-0.1, -0.05) is 43.6 Å². The van der Waals surface area contributed by atoms with E-state index >= 15 is 0 Å². The van der Waals surface area contributed by atoms with Gasteiger partial charge in [0, 0.05) is 22.7 Å². The van der Waals surface area contributed by atoms with E-state index in [1.807, 2.05) is 19.9 Å². The largest absolute Gasteiger partial charge is 0.269 e. The molecule has 0 saturated carbocycles. The van der Waals surface area contributed by atoms with Crippen molar-refractivity contribution in [2.45, 2.75) is 25.6 Å². The molecule has 0 N–H and O–H groups in total. The van der Waals surface area contributed by atoms with Crippen LogP contribution in [0.3, 0.4) is 0 Å². The number of carbonyl (C=O) groups is 2. The summed E-state index contributed by atoms with van der Waals surface area (Å²) in [7, 11) is 0. The molecule has 3 rings (SSSR count). The quantitative estimate of drug-likeness (QED) is 0.739. The molecule has 0 atom stereocenters. The van der Waals surface area contributed by atoms with Crippen molar-refractivity contribution in [3.05, 3.63) is 69.8 Å². The number of amides is 2. The van der Waals surface area contributed by atoms with E-state index in [2.05, 4.69) is 4.98 Å². The van der Waals surface area contributed by atoms with Crippen molar-refractivity contribution in [3.63, 3.8) is 0 Å². The van der Waals surface area contributed by atoms with Crippen molar-refractivity contribution < 1.29 is 9.59 Å². The molecule has 25 heavy (non-hydrogen) atoms. The van der Waals surface area contributed by atoms with Crippen LogP contribution in [0.2, 0.25) is 5.02 Å². The summed E-state index contributed by atoms with van der Waals surface area (Å²) >= 11 is 7.36. The Morgan fingerprint density at radius 1 is 1.12 bits per heavy atom. The first-order valence-corrected chi connectivity index (χ1v) is 9.15. The fraction of sp³-hybridized carbons (Fsp3) is 0.211. The maximum atomic E-state index is 13.0. The number of hydrogen-bond acceptors (Lipinski definition) is 4. The van der Waals surface area contributed by atoms with Gasteiger partial charge in [0.25, 0.3) is 11.8 Å². The summed E-state index contributed by atoms with van der Waals surface area (Å²) < 4.78 is 0. The molecule has 0 fully saturated rings. The highest BCUT2D eigenvalue weighted by Gasteiger charge is 2.39. The molecule has 2 amide bonds. The van der Waals surface area contributed by atoms with Crippen LogP contribution in [0.1, 0.15) is 25.0 Å². The van der Waals surface area contributed by atoms with E-state index in [-0.39, 0.29) is 23.6 Å². The SMILES string of the molecule is CC(C)SC1=C(c2ccc(Cl)cc2)C(=O)N(Cc2cccnc2)C1=O. The van der Waals surface area contributed by atoms with Gasteiger partial charge in [-0.25, -0.2) is 0 Å². The zero-order chi connectivity index (χ0) is 18.0. The predicted octanol–water partition coefficient (Wildman–Crippen LogP) is 4.16. The van der Waals surface area contributed by atoms with Gasteiger partial charge in [0.2, 0.25) is 0 Å². The Kier molecular flexibility index (Phi) is 5.25. The lowest BCUT2D eigenvalue weighted by molar-refractivity contribution is -0.137. The van der Waals surface area contributed by atoms with Crippen molar-refractivity contribution in [2.75, 3.05) is 0 Å². The molecular weight excluding hydrogens is 356 g/mol. The van der Waals surface area contributed by atoms with Crippen LogP contribution >= 0.6 is 23.4 Å². The molecule has 4 nitrogen and oxygen atoms in total. The average Bonchev–Trinajstić information content (AvgIpc) is 2.81. The van der Waals surface area contributed by atoms with Crippen LogP contribution in [0.25, 0.3) is 5.57 Å². The molecule has 0 unspecified atom stereocenters. The molecular formula is C19H17ClN2O2S. The topological polar surface area (TPSA) is 50.3 Å². The van der Waals surface area contributed by atoms with E-state index in [9.17, 15) is 9.59 Å². The lowest BCUT2D eigenvalue weighted by Crippen LogP contribution is -2.31. The molecule has 0 radical (unpaired) electrons. The second kappa shape index (κ2) is 7.42. The molecule has 6 heteroatoms. The Morgan fingerprint density at radius 3 is 2.44 bits per heavy atom. The van der Waals surface area contributed by atoms with Crippen molar-refractivity contribution in [1.29, 1.82) is 0 Å². The number of carbonyl (C=O) groups excluding carboxylic acids is 2. The van der Waals surface area contributed by atoms with Gasteiger partial charge >= 0.3 is 0 Å². The first-order valence-electron chi connectivity index (χ1n) is 7.89. The van der Waals surface area contributed by atoms with Gasteiger partial charge in [0.05, 0.1) is 17.0 Å². The highest BCUT2D eigenvalue weighted by molar-refractivity contribution is 8.04. The van der Waals surface area contributed by atoms with Gasteiger partial charge in [0.15, 0.2) is 0 Å². The van der Waals surface area contributed by atoms with Crippen LogP contribution in [-0.2, 0) is 16.1 Å². The molecule has 2 heterocycles. The first-order chi connectivity index (χ1) is 12.0. The number of benzene rings is 1. The Balaban J connectivity index is 1.99. The van der Waals surface area contributed by atoms with Crippen molar-refractivity contribution in [3.8, 4) is 0 Å². The summed E-state index contributed by atoms with van der Waals surface area (Å²) in [5.74, 6) is -0.531. The Morgan fingerprint density at radius 2 is 1.84 bits per heavy atom. The number of thioether (sulfide) groups is 1. The molecule has 0 spiro atoms. The van der Waals surface area contributed by atoms with Crippen LogP contribution in [0, 0.1) is 0 Å². The van der Waals surface area contributed by atoms with Crippen LogP contribution in [0.15, 0.2) is 53.7 Å². The molecule has 0 aliphatic carbocycles. The number of rotatable bonds is 5. The summed E-state index contributed by atoms with van der Waals surface area (Å²) in [5.41, 5.74) is 1.97. The fourth-order valence-electron chi connectivity index (χ4n) is 2.59. The number of aromatic nitrogens is 1. The van der Waals surface area contributed by atoms with Crippen LogP contribution < -0.4 is 0 Å². The molecule has 1 aromatic heterocycles. The molecule has 128 valence electrons. The van der Waals surface area contributed by atoms with Crippen LogP contribution in [-0.4, -0.2) is 26.9 Å². The smallest absolute Gasteiger partial charge is 0.268 e. The number of nitrogens with zero attached hydrogens (tertiary/aromatic N) is 2. The Bertz CT molecular complexity index is 832. The zero-order valence-corrected chi connectivity index (χ0v) is 15.5. The number of hydrogen-bond donors (Lipinski definition) is 0. The second-order valence-electron chi connectivity index (χ2n) is 5.94. The van der Waals surface area contributed by atoms with E-state index in [4.69, 9.17) is 11.6 Å². The molecule has 1 aromatic carbocycles. The third-order valence-corrected chi connectivity index (χ3v) is 5.01. The van der Waals surface area contributed by atoms with E-state index in [1.54, 1.807) is 42.7 Å². The van der Waals surface area contributed by atoms with Crippen molar-refractivity contribution in [1.82, 2.24) is 9.88 Å². The third kappa shape index (κ3) is 3.78. The van der Waals surface area contributed by atoms with Gasteiger partial charge in [-0.3, -0.25) is 19.5 Å². The summed E-state index contributed by atoms with van der Waals surface area (Å²) in [6.07, 6.45) is 3.32. The van der Waals surface area contributed by atoms with Gasteiger partial charge in [-0.2, -0.15) is 0 Å². The summed E-state index contributed by atoms with van der Waals surface area (Å²) in [4.78, 5) is 31.7. The van der Waals surface area contributed by atoms with E-state index in [1.165, 1.54) is 16.7 Å². The van der Waals surface area contributed by atoms with Crippen LogP contribution in [0.5, 0.6) is 0 Å². The van der Waals surface area contributed by atoms with Gasteiger partial charge in [0.1, 0.15) is 0 Å². The minimum atomic E-state index is -0.278. The van der Waals surface area contributed by atoms with E-state index < -0.39 is 0 Å². The Hall–Kier alpha value is -2.11. The van der Waals surface area contributed by atoms with E-state index in [0.29, 0.717) is 21.1 Å². The standard InChI is InChI=1S/C19H17ClN2O2S/c1-12(2)25-17-16(14-5-7-15(20)8-6-14)18(23)22(19(17)24)11-13-4-3-9-21-10-13/h3-10,12H,11H2,1-2H3. The highest BCUT2D eigenvalue weighted by atomic mass is 35.5. The minimum absolute atomic E-state index is 0.187. The maximum absolute atomic E-state index is 13.0. The fourth-order valence-corrected chi connectivity index (χ4v) is 3.72. The predicted molar refractivity (Wildman–Crippen MR) is 101 cm³/mol. The number of halogens is 1. The zero-order valence-electron chi connectivity index (χ0n) is 13.9. The highest BCUT2D eigenvalue weighted by Crippen LogP contribution is 2.38. The molecule has 0 saturated heterocycles.